The number of carbonyl (C=O) groups excluding carboxylic acids is 1. The van der Waals surface area contributed by atoms with Crippen LogP contribution in [0.3, 0.4) is 0 Å². The molecular formula is C17H14FNO5S. The Hall–Kier alpha value is -2.87. The Balaban J connectivity index is 1.92. The summed E-state index contributed by atoms with van der Waals surface area (Å²) in [6.45, 7) is 0. The second kappa shape index (κ2) is 6.56. The van der Waals surface area contributed by atoms with Crippen LogP contribution in [0, 0.1) is 5.82 Å². The molecule has 25 heavy (non-hydrogen) atoms. The van der Waals surface area contributed by atoms with Crippen molar-refractivity contribution in [2.75, 3.05) is 0 Å². The van der Waals surface area contributed by atoms with Crippen LogP contribution in [-0.4, -0.2) is 14.2 Å². The summed E-state index contributed by atoms with van der Waals surface area (Å²) in [6.07, 6.45) is -2.45. The molecule has 1 aliphatic heterocycles. The van der Waals surface area contributed by atoms with Crippen molar-refractivity contribution < 1.29 is 32.0 Å². The van der Waals surface area contributed by atoms with Crippen molar-refractivity contribution in [1.29, 1.82) is 0 Å². The van der Waals surface area contributed by atoms with Crippen molar-refractivity contribution in [1.82, 2.24) is 0 Å². The van der Waals surface area contributed by atoms with Gasteiger partial charge in [0.1, 0.15) is 11.5 Å². The highest BCUT2D eigenvalue weighted by Crippen LogP contribution is 2.32. The van der Waals surface area contributed by atoms with Gasteiger partial charge in [0.15, 0.2) is 6.08 Å². The smallest absolute Gasteiger partial charge is 0.313 e. The Labute approximate surface area is 149 Å². The third-order valence-corrected chi connectivity index (χ3v) is 3.98. The SMILES string of the molecule is [2H]c1ccc([C@]2([2H])OC(N)=C(OS(=O)(=O)C([2H])([2H])c3ccc(F)cc3)C2=O)cc1. The van der Waals surface area contributed by atoms with Gasteiger partial charge < -0.3 is 14.7 Å². The van der Waals surface area contributed by atoms with E-state index in [9.17, 15) is 17.6 Å². The van der Waals surface area contributed by atoms with Gasteiger partial charge in [-0.1, -0.05) is 42.4 Å². The van der Waals surface area contributed by atoms with Gasteiger partial charge in [0, 0.05) is 5.56 Å². The molecule has 0 aromatic heterocycles. The van der Waals surface area contributed by atoms with Crippen LogP contribution in [0.4, 0.5) is 4.39 Å². The Bertz CT molecular complexity index is 1100. The van der Waals surface area contributed by atoms with Crippen molar-refractivity contribution >= 4 is 15.9 Å². The molecule has 0 radical (unpaired) electrons. The topological polar surface area (TPSA) is 95.7 Å². The lowest BCUT2D eigenvalue weighted by molar-refractivity contribution is -0.123. The van der Waals surface area contributed by atoms with E-state index in [1.807, 2.05) is 0 Å². The number of Topliss-reactive ketones (excluding diaryl/α,β-unsaturated/α-hetero) is 1. The minimum atomic E-state index is -5.16. The Kier molecular flexibility index (Phi) is 3.28. The molecule has 1 aliphatic rings. The van der Waals surface area contributed by atoms with Crippen LogP contribution < -0.4 is 5.73 Å². The van der Waals surface area contributed by atoms with Gasteiger partial charge in [-0.05, 0) is 17.7 Å². The molecule has 8 heteroatoms. The molecule has 0 saturated heterocycles. The fourth-order valence-corrected chi connectivity index (χ4v) is 2.86. The van der Waals surface area contributed by atoms with Crippen LogP contribution >= 0.6 is 0 Å². The lowest BCUT2D eigenvalue weighted by Crippen LogP contribution is -2.16. The summed E-state index contributed by atoms with van der Waals surface area (Å²) >= 11 is 0. The lowest BCUT2D eigenvalue weighted by Gasteiger charge is -2.09. The average Bonchev–Trinajstić information content (AvgIpc) is 2.86. The first-order chi connectivity index (χ1) is 13.4. The summed E-state index contributed by atoms with van der Waals surface area (Å²) in [4.78, 5) is 12.7. The first-order valence-corrected chi connectivity index (χ1v) is 8.30. The highest BCUT2D eigenvalue weighted by Gasteiger charge is 2.39. The molecule has 0 saturated carbocycles. The second-order valence-corrected chi connectivity index (χ2v) is 6.17. The summed E-state index contributed by atoms with van der Waals surface area (Å²) in [5, 5.41) is 0. The molecule has 0 bridgehead atoms. The number of halogens is 1. The molecule has 0 spiro atoms. The second-order valence-electron chi connectivity index (χ2n) is 4.89. The maximum Gasteiger partial charge on any atom is 0.313 e. The molecule has 130 valence electrons. The highest BCUT2D eigenvalue weighted by molar-refractivity contribution is 7.86. The van der Waals surface area contributed by atoms with Gasteiger partial charge in [0.05, 0.1) is 5.48 Å². The summed E-state index contributed by atoms with van der Waals surface area (Å²) < 4.78 is 79.2. The van der Waals surface area contributed by atoms with Crippen LogP contribution in [0.15, 0.2) is 66.2 Å². The molecule has 0 aliphatic carbocycles. The Morgan fingerprint density at radius 2 is 1.92 bits per heavy atom. The maximum atomic E-state index is 13.1. The largest absolute Gasteiger partial charge is 0.460 e. The minimum Gasteiger partial charge on any atom is -0.460 e. The molecule has 2 aromatic rings. The average molecular weight is 367 g/mol. The number of ether oxygens (including phenoxy) is 1. The van der Waals surface area contributed by atoms with Gasteiger partial charge in [0.2, 0.25) is 17.4 Å². The highest BCUT2D eigenvalue weighted by atomic mass is 32.2. The van der Waals surface area contributed by atoms with Crippen LogP contribution in [0.25, 0.3) is 0 Å². The summed E-state index contributed by atoms with van der Waals surface area (Å²) in [5.74, 6) is -3.81. The van der Waals surface area contributed by atoms with Crippen LogP contribution in [0.2, 0.25) is 0 Å². The van der Waals surface area contributed by atoms with E-state index in [0.717, 1.165) is 24.3 Å². The van der Waals surface area contributed by atoms with E-state index in [-0.39, 0.29) is 11.6 Å². The van der Waals surface area contributed by atoms with E-state index in [4.69, 9.17) is 16.0 Å². The quantitative estimate of drug-likeness (QED) is 0.814. The predicted octanol–water partition coefficient (Wildman–Crippen LogP) is 2.14. The van der Waals surface area contributed by atoms with Crippen molar-refractivity contribution in [2.24, 2.45) is 5.73 Å². The minimum absolute atomic E-state index is 0.0287. The Morgan fingerprint density at radius 1 is 1.28 bits per heavy atom. The lowest BCUT2D eigenvalue weighted by atomic mass is 10.1. The van der Waals surface area contributed by atoms with Gasteiger partial charge >= 0.3 is 10.1 Å². The molecule has 1 atom stereocenters. The van der Waals surface area contributed by atoms with E-state index >= 15 is 0 Å². The monoisotopic (exact) mass is 367 g/mol. The van der Waals surface area contributed by atoms with Crippen molar-refractivity contribution in [2.45, 2.75) is 11.8 Å². The zero-order valence-corrected chi connectivity index (χ0v) is 13.3. The number of hydrogen-bond donors (Lipinski definition) is 1. The molecule has 6 nitrogen and oxygen atoms in total. The third-order valence-electron chi connectivity index (χ3n) is 3.11. The molecule has 1 heterocycles. The molecule has 2 N–H and O–H groups in total. The number of carbonyl (C=O) groups is 1. The third kappa shape index (κ3) is 3.80. The van der Waals surface area contributed by atoms with Gasteiger partial charge in [-0.15, -0.1) is 0 Å². The van der Waals surface area contributed by atoms with Gasteiger partial charge in [-0.2, -0.15) is 8.42 Å². The first-order valence-electron chi connectivity index (χ1n) is 8.89. The summed E-state index contributed by atoms with van der Waals surface area (Å²) in [7, 11) is -5.16. The fraction of sp³-hybridized carbons (Fsp3) is 0.118. The number of benzene rings is 2. The van der Waals surface area contributed by atoms with Crippen LogP contribution in [0.1, 0.15) is 22.7 Å². The molecule has 3 rings (SSSR count). The van der Waals surface area contributed by atoms with E-state index in [1.54, 1.807) is 0 Å². The zero-order chi connectivity index (χ0) is 21.6. The molecule has 0 unspecified atom stereocenters. The number of hydrogen-bond acceptors (Lipinski definition) is 6. The molecule has 2 aromatic carbocycles. The Morgan fingerprint density at radius 3 is 2.56 bits per heavy atom. The number of nitrogens with two attached hydrogens (primary N) is 1. The van der Waals surface area contributed by atoms with Crippen molar-refractivity contribution in [3.05, 3.63) is 83.2 Å². The van der Waals surface area contributed by atoms with Crippen LogP contribution in [0.5, 0.6) is 0 Å². The first kappa shape index (κ1) is 12.5. The summed E-state index contributed by atoms with van der Waals surface area (Å²) in [5.41, 5.74) is 1.91. The van der Waals surface area contributed by atoms with E-state index in [2.05, 4.69) is 4.18 Å². The van der Waals surface area contributed by atoms with Crippen LogP contribution in [-0.2, 0) is 29.5 Å². The van der Waals surface area contributed by atoms with Gasteiger partial charge in [-0.25, -0.2) is 4.39 Å². The van der Waals surface area contributed by atoms with Crippen molar-refractivity contribution in [3.63, 3.8) is 0 Å². The standard InChI is InChI=1S/C17H14FNO5S/c18-13-8-6-11(7-9-13)10-25(21,22)24-16-14(20)15(23-17(16)19)12-4-2-1-3-5-12/h1-9,15H,10,19H2/t15-/m0/s1/i1D,10D2,15D. The summed E-state index contributed by atoms with van der Waals surface area (Å²) in [6, 6.07) is 8.77. The number of rotatable bonds is 5. The normalized spacial score (nSPS) is 23.3. The number of ketones is 1. The fourth-order valence-electron chi connectivity index (χ4n) is 2.02. The van der Waals surface area contributed by atoms with Gasteiger partial charge in [0.25, 0.3) is 0 Å². The van der Waals surface area contributed by atoms with E-state index < -0.39 is 50.7 Å². The van der Waals surface area contributed by atoms with Gasteiger partial charge in [-0.3, -0.25) is 4.79 Å². The van der Waals surface area contributed by atoms with E-state index in [0.29, 0.717) is 0 Å². The zero-order valence-electron chi connectivity index (χ0n) is 16.5. The van der Waals surface area contributed by atoms with Crippen molar-refractivity contribution in [3.8, 4) is 0 Å². The van der Waals surface area contributed by atoms with E-state index in [1.165, 1.54) is 24.3 Å². The predicted molar refractivity (Wildman–Crippen MR) is 86.6 cm³/mol. The molecule has 0 amide bonds. The molecular weight excluding hydrogens is 349 g/mol. The molecule has 0 fully saturated rings. The maximum absolute atomic E-state index is 13.1.